The lowest BCUT2D eigenvalue weighted by molar-refractivity contribution is 0.0948. The Hall–Kier alpha value is -2.40. The number of hydrogen-bond donors (Lipinski definition) is 2. The zero-order chi connectivity index (χ0) is 19.8. The number of methoxy groups -OCH3 is 1. The van der Waals surface area contributed by atoms with Crippen molar-refractivity contribution < 1.29 is 9.53 Å². The van der Waals surface area contributed by atoms with Crippen molar-refractivity contribution in [2.75, 3.05) is 25.6 Å². The minimum absolute atomic E-state index is 0.115. The maximum absolute atomic E-state index is 12.2. The molecule has 1 amide bonds. The standard InChI is InChI=1S/C22H31N3O2/c1-15(2)18-8-6-9-19(16(3)4)21(18)25-20-11-10-17(14-24-20)22(26)23-12-7-13-27-5/h6,8-11,14-16H,7,12-13H2,1-5H3,(H,23,26)(H,24,25). The van der Waals surface area contributed by atoms with E-state index in [1.807, 2.05) is 6.07 Å². The molecule has 1 aromatic carbocycles. The van der Waals surface area contributed by atoms with Gasteiger partial charge in [-0.1, -0.05) is 45.9 Å². The fourth-order valence-electron chi connectivity index (χ4n) is 2.95. The zero-order valence-corrected chi connectivity index (χ0v) is 17.0. The van der Waals surface area contributed by atoms with Crippen LogP contribution in [0.25, 0.3) is 0 Å². The molecule has 146 valence electrons. The molecule has 2 N–H and O–H groups in total. The molecule has 1 heterocycles. The van der Waals surface area contributed by atoms with Crippen LogP contribution in [0.15, 0.2) is 36.5 Å². The molecule has 0 aliphatic carbocycles. The van der Waals surface area contributed by atoms with Crippen molar-refractivity contribution in [1.29, 1.82) is 0 Å². The molecule has 0 unspecified atom stereocenters. The summed E-state index contributed by atoms with van der Waals surface area (Å²) in [5, 5.41) is 6.34. The monoisotopic (exact) mass is 369 g/mol. The van der Waals surface area contributed by atoms with Crippen molar-refractivity contribution in [3.63, 3.8) is 0 Å². The van der Waals surface area contributed by atoms with Crippen LogP contribution in [0.1, 0.15) is 67.4 Å². The van der Waals surface area contributed by atoms with E-state index < -0.39 is 0 Å². The van der Waals surface area contributed by atoms with Crippen LogP contribution < -0.4 is 10.6 Å². The minimum Gasteiger partial charge on any atom is -0.385 e. The van der Waals surface area contributed by atoms with Gasteiger partial charge in [0.2, 0.25) is 0 Å². The smallest absolute Gasteiger partial charge is 0.252 e. The largest absolute Gasteiger partial charge is 0.385 e. The van der Waals surface area contributed by atoms with Crippen molar-refractivity contribution in [3.8, 4) is 0 Å². The summed E-state index contributed by atoms with van der Waals surface area (Å²) in [6.45, 7) is 9.98. The van der Waals surface area contributed by atoms with Gasteiger partial charge in [0.15, 0.2) is 0 Å². The van der Waals surface area contributed by atoms with E-state index in [-0.39, 0.29) is 5.91 Å². The molecule has 2 rings (SSSR count). The number of nitrogens with zero attached hydrogens (tertiary/aromatic N) is 1. The maximum Gasteiger partial charge on any atom is 0.252 e. The highest BCUT2D eigenvalue weighted by atomic mass is 16.5. The Morgan fingerprint density at radius 3 is 2.26 bits per heavy atom. The number of nitrogens with one attached hydrogen (secondary N) is 2. The number of carbonyl (C=O) groups is 1. The van der Waals surface area contributed by atoms with Crippen LogP contribution in [-0.2, 0) is 4.74 Å². The molecule has 0 aliphatic heterocycles. The number of anilines is 2. The molecule has 0 bridgehead atoms. The first-order valence-electron chi connectivity index (χ1n) is 9.57. The van der Waals surface area contributed by atoms with Crippen LogP contribution in [0, 0.1) is 0 Å². The van der Waals surface area contributed by atoms with Crippen molar-refractivity contribution >= 4 is 17.4 Å². The van der Waals surface area contributed by atoms with Gasteiger partial charge in [-0.25, -0.2) is 4.98 Å². The van der Waals surface area contributed by atoms with E-state index >= 15 is 0 Å². The van der Waals surface area contributed by atoms with E-state index in [1.54, 1.807) is 19.4 Å². The SMILES string of the molecule is COCCCNC(=O)c1ccc(Nc2c(C(C)C)cccc2C(C)C)nc1. The number of ether oxygens (including phenoxy) is 1. The van der Waals surface area contributed by atoms with Gasteiger partial charge < -0.3 is 15.4 Å². The highest BCUT2D eigenvalue weighted by Crippen LogP contribution is 2.34. The third kappa shape index (κ3) is 5.79. The van der Waals surface area contributed by atoms with Gasteiger partial charge in [0.25, 0.3) is 5.91 Å². The summed E-state index contributed by atoms with van der Waals surface area (Å²) < 4.78 is 4.98. The first-order valence-corrected chi connectivity index (χ1v) is 9.57. The molecular formula is C22H31N3O2. The lowest BCUT2D eigenvalue weighted by Gasteiger charge is -2.20. The normalized spacial score (nSPS) is 11.1. The second-order valence-corrected chi connectivity index (χ2v) is 7.28. The first kappa shape index (κ1) is 20.9. The molecule has 5 heteroatoms. The van der Waals surface area contributed by atoms with E-state index in [0.717, 1.165) is 17.9 Å². The Balaban J connectivity index is 2.14. The quantitative estimate of drug-likeness (QED) is 0.621. The second-order valence-electron chi connectivity index (χ2n) is 7.28. The summed E-state index contributed by atoms with van der Waals surface area (Å²) in [6, 6.07) is 10.1. The minimum atomic E-state index is -0.115. The van der Waals surface area contributed by atoms with E-state index in [9.17, 15) is 4.79 Å². The Morgan fingerprint density at radius 1 is 1.07 bits per heavy atom. The van der Waals surface area contributed by atoms with E-state index in [4.69, 9.17) is 4.74 Å². The summed E-state index contributed by atoms with van der Waals surface area (Å²) in [4.78, 5) is 16.6. The molecule has 0 atom stereocenters. The van der Waals surface area contributed by atoms with Crippen molar-refractivity contribution in [2.45, 2.75) is 46.0 Å². The Bertz CT molecular complexity index is 713. The van der Waals surface area contributed by atoms with Crippen LogP contribution in [0.5, 0.6) is 0 Å². The Labute approximate surface area is 162 Å². The van der Waals surface area contributed by atoms with Gasteiger partial charge >= 0.3 is 0 Å². The molecule has 27 heavy (non-hydrogen) atoms. The highest BCUT2D eigenvalue weighted by molar-refractivity contribution is 5.94. The molecule has 2 aromatic rings. The Kier molecular flexibility index (Phi) is 7.80. The number of carbonyl (C=O) groups excluding carboxylic acids is 1. The third-order valence-corrected chi connectivity index (χ3v) is 4.46. The van der Waals surface area contributed by atoms with Gasteiger partial charge in [-0.05, 0) is 41.5 Å². The van der Waals surface area contributed by atoms with Gasteiger partial charge in [-0.3, -0.25) is 4.79 Å². The number of amides is 1. The van der Waals surface area contributed by atoms with E-state index in [0.29, 0.717) is 30.6 Å². The van der Waals surface area contributed by atoms with Crippen LogP contribution in [0.3, 0.4) is 0 Å². The van der Waals surface area contributed by atoms with Crippen LogP contribution in [0.2, 0.25) is 0 Å². The number of hydrogen-bond acceptors (Lipinski definition) is 4. The molecule has 0 aliphatic rings. The Morgan fingerprint density at radius 2 is 1.74 bits per heavy atom. The number of pyridine rings is 1. The highest BCUT2D eigenvalue weighted by Gasteiger charge is 2.14. The third-order valence-electron chi connectivity index (χ3n) is 4.46. The lowest BCUT2D eigenvalue weighted by atomic mass is 9.92. The van der Waals surface area contributed by atoms with Crippen LogP contribution >= 0.6 is 0 Å². The topological polar surface area (TPSA) is 63.2 Å². The molecule has 0 saturated heterocycles. The summed E-state index contributed by atoms with van der Waals surface area (Å²) in [5.41, 5.74) is 4.21. The lowest BCUT2D eigenvalue weighted by Crippen LogP contribution is -2.25. The molecule has 0 spiro atoms. The molecule has 5 nitrogen and oxygen atoms in total. The zero-order valence-electron chi connectivity index (χ0n) is 17.0. The number of rotatable bonds is 9. The van der Waals surface area contributed by atoms with Crippen molar-refractivity contribution in [2.24, 2.45) is 0 Å². The van der Waals surface area contributed by atoms with Crippen LogP contribution in [-0.4, -0.2) is 31.2 Å². The van der Waals surface area contributed by atoms with Gasteiger partial charge in [0, 0.05) is 32.1 Å². The van der Waals surface area contributed by atoms with Gasteiger partial charge in [0.05, 0.1) is 5.56 Å². The summed E-state index contributed by atoms with van der Waals surface area (Å²) in [6.07, 6.45) is 2.40. The second kappa shape index (κ2) is 10.1. The first-order chi connectivity index (χ1) is 12.9. The summed E-state index contributed by atoms with van der Waals surface area (Å²) in [5.74, 6) is 1.43. The number of benzene rings is 1. The maximum atomic E-state index is 12.2. The predicted octanol–water partition coefficient (Wildman–Crippen LogP) is 4.84. The molecule has 0 saturated carbocycles. The molecule has 0 radical (unpaired) electrons. The van der Waals surface area contributed by atoms with Crippen molar-refractivity contribution in [3.05, 3.63) is 53.2 Å². The van der Waals surface area contributed by atoms with Gasteiger partial charge in [0.1, 0.15) is 5.82 Å². The fraction of sp³-hybridized carbons (Fsp3) is 0.455. The molecule has 1 aromatic heterocycles. The van der Waals surface area contributed by atoms with E-state index in [1.165, 1.54) is 11.1 Å². The average molecular weight is 370 g/mol. The fourth-order valence-corrected chi connectivity index (χ4v) is 2.95. The number of para-hydroxylation sites is 1. The van der Waals surface area contributed by atoms with E-state index in [2.05, 4.69) is 61.5 Å². The van der Waals surface area contributed by atoms with Gasteiger partial charge in [-0.2, -0.15) is 0 Å². The molecular weight excluding hydrogens is 338 g/mol. The van der Waals surface area contributed by atoms with Crippen molar-refractivity contribution in [1.82, 2.24) is 10.3 Å². The predicted molar refractivity (Wildman–Crippen MR) is 111 cm³/mol. The number of aromatic nitrogens is 1. The summed E-state index contributed by atoms with van der Waals surface area (Å²) in [7, 11) is 1.65. The van der Waals surface area contributed by atoms with Gasteiger partial charge in [-0.15, -0.1) is 0 Å². The summed E-state index contributed by atoms with van der Waals surface area (Å²) >= 11 is 0. The average Bonchev–Trinajstić information content (AvgIpc) is 2.65. The molecule has 0 fully saturated rings. The van der Waals surface area contributed by atoms with Crippen LogP contribution in [0.4, 0.5) is 11.5 Å².